The quantitative estimate of drug-likeness (QED) is 0.0253. The number of carbonyl (C=O) groups excluding carboxylic acids is 6. The molecule has 96 heavy (non-hydrogen) atoms. The molecule has 0 spiro atoms. The van der Waals surface area contributed by atoms with Crippen LogP contribution in [0.1, 0.15) is 65.2 Å². The number of carboxylic acid groups (broad SMARTS) is 6. The lowest BCUT2D eigenvalue weighted by atomic mass is 10.3. The Kier molecular flexibility index (Phi) is 71.0. The van der Waals surface area contributed by atoms with Crippen LogP contribution in [0.25, 0.3) is 0 Å². The van der Waals surface area contributed by atoms with Crippen LogP contribution in [-0.4, -0.2) is 358 Å². The van der Waals surface area contributed by atoms with Crippen molar-refractivity contribution in [1.29, 1.82) is 0 Å². The molecule has 0 heterocycles. The van der Waals surface area contributed by atoms with Crippen molar-refractivity contribution in [3.8, 4) is 0 Å². The van der Waals surface area contributed by atoms with Crippen molar-refractivity contribution >= 4 is 71.0 Å². The minimum atomic E-state index is -1.05. The number of nitrogens with zero attached hydrogens (tertiary/aromatic N) is 4. The van der Waals surface area contributed by atoms with Gasteiger partial charge >= 0.3 is 35.8 Å². The van der Waals surface area contributed by atoms with Crippen molar-refractivity contribution < 1.29 is 126 Å². The van der Waals surface area contributed by atoms with Crippen LogP contribution in [0.15, 0.2) is 0 Å². The lowest BCUT2D eigenvalue weighted by Gasteiger charge is -2.21. The number of carbonyl (C=O) groups is 12. The Balaban J connectivity index is -0.000000611. The summed E-state index contributed by atoms with van der Waals surface area (Å²) in [5.41, 5.74) is 21.2. The number of hydrogen-bond acceptors (Lipinski definition) is 28. The fourth-order valence-electron chi connectivity index (χ4n) is 7.08. The van der Waals surface area contributed by atoms with Gasteiger partial charge in [-0.05, 0) is 13.8 Å². The van der Waals surface area contributed by atoms with Gasteiger partial charge in [-0.25, -0.2) is 0 Å². The molecule has 18 N–H and O–H groups in total. The molecule has 0 atom stereocenters. The molecule has 0 aliphatic rings. The van der Waals surface area contributed by atoms with E-state index in [1.807, 2.05) is 9.80 Å². The van der Waals surface area contributed by atoms with E-state index in [1.54, 1.807) is 16.7 Å². The van der Waals surface area contributed by atoms with Gasteiger partial charge in [0.15, 0.2) is 0 Å². The molecule has 0 aromatic heterocycles. The summed E-state index contributed by atoms with van der Waals surface area (Å²) < 4.78 is 42.5. The minimum absolute atomic E-state index is 0.00334. The van der Waals surface area contributed by atoms with Crippen LogP contribution >= 0.6 is 0 Å². The van der Waals surface area contributed by atoms with Gasteiger partial charge < -0.3 is 113 Å². The summed E-state index contributed by atoms with van der Waals surface area (Å²) in [6, 6.07) is 0. The predicted molar refractivity (Wildman–Crippen MR) is 345 cm³/mol. The van der Waals surface area contributed by atoms with Crippen LogP contribution in [-0.2, 0) is 95.4 Å². The van der Waals surface area contributed by atoms with Gasteiger partial charge in [0.05, 0.1) is 158 Å². The Morgan fingerprint density at radius 2 is 0.438 bits per heavy atom. The summed E-state index contributed by atoms with van der Waals surface area (Å²) in [4.78, 5) is 138. The van der Waals surface area contributed by atoms with Gasteiger partial charge in [0.25, 0.3) is 0 Å². The average molecular weight is 1390 g/mol. The number of hydrogen-bond donors (Lipinski definition) is 14. The molecule has 0 aromatic carbocycles. The summed E-state index contributed by atoms with van der Waals surface area (Å²) in [6.45, 7) is 17.0. The normalized spacial score (nSPS) is 10.8. The second-order valence-corrected chi connectivity index (χ2v) is 20.3. The third-order valence-corrected chi connectivity index (χ3v) is 11.6. The number of carboxylic acids is 6. The van der Waals surface area contributed by atoms with Crippen molar-refractivity contribution in [2.75, 3.05) is 237 Å². The minimum Gasteiger partial charge on any atom is -0.481 e. The third kappa shape index (κ3) is 81.6. The van der Waals surface area contributed by atoms with Gasteiger partial charge in [-0.1, -0.05) is 0 Å². The molecule has 0 unspecified atom stereocenters. The first-order valence-corrected chi connectivity index (χ1v) is 31.5. The zero-order chi connectivity index (χ0) is 72.8. The van der Waals surface area contributed by atoms with Crippen molar-refractivity contribution in [2.24, 2.45) is 22.9 Å². The number of nitrogens with one attached hydrogen (secondary N) is 4. The van der Waals surface area contributed by atoms with Crippen molar-refractivity contribution in [1.82, 2.24) is 40.9 Å². The summed E-state index contributed by atoms with van der Waals surface area (Å²) >= 11 is 0. The standard InChI is InChI=1S/C19H33N3O9.C18H31N3O10.C11H25N3O3.C10H23N3O4/c1-15(23)14-22(8-12-30-10-6-20-16(24)2-4-18(26)27)9-13-31-11-7-21-17(25)3-5-19(28)29;22-14(1-3-16(24)25)19-5-9-30-11-7-21(13-18(28)29)8-12-31-10-6-20-15(23)2-4-17(26)27;1-11(15)10-14(4-8-16-6-2-12)5-9-17-7-3-13;11-1-5-16-7-3-13(9-10(14)15)4-8-17-6-2-12/h2-14H2,1H3,(H,20,24)(H,21,25)(H,26,27)(H,28,29);1-13H2,(H,19,22)(H,20,23)(H,24,25)(H,26,27)(H,28,29);2-10,12-13H2,1H3;1-9,11-12H2,(H,14,15). The molecule has 38 heteroatoms. The summed E-state index contributed by atoms with van der Waals surface area (Å²) in [7, 11) is 0. The number of ether oxygens (including phenoxy) is 8. The monoisotopic (exact) mass is 1390 g/mol. The number of Topliss-reactive ketones (excluding diaryl/α,β-unsaturated/α-hetero) is 2. The zero-order valence-corrected chi connectivity index (χ0v) is 56.1. The van der Waals surface area contributed by atoms with E-state index in [1.165, 1.54) is 6.92 Å². The largest absolute Gasteiger partial charge is 0.481 e. The highest BCUT2D eigenvalue weighted by molar-refractivity contribution is 5.82. The highest BCUT2D eigenvalue weighted by Gasteiger charge is 2.14. The second-order valence-electron chi connectivity index (χ2n) is 20.3. The van der Waals surface area contributed by atoms with E-state index in [0.29, 0.717) is 151 Å². The average Bonchev–Trinajstić information content (AvgIpc) is 3.48. The van der Waals surface area contributed by atoms with Crippen LogP contribution < -0.4 is 44.2 Å². The van der Waals surface area contributed by atoms with Crippen LogP contribution in [0.4, 0.5) is 0 Å². The molecule has 0 radical (unpaired) electrons. The molecule has 4 amide bonds. The first-order chi connectivity index (χ1) is 45.8. The fourth-order valence-corrected chi connectivity index (χ4v) is 7.08. The van der Waals surface area contributed by atoms with E-state index < -0.39 is 35.8 Å². The molecule has 38 nitrogen and oxygen atoms in total. The molecule has 0 aliphatic carbocycles. The molecular weight excluding hydrogens is 1280 g/mol. The summed E-state index contributed by atoms with van der Waals surface area (Å²) in [5.74, 6) is -7.33. The highest BCUT2D eigenvalue weighted by atomic mass is 16.5. The van der Waals surface area contributed by atoms with Crippen LogP contribution in [0, 0.1) is 0 Å². The maximum absolute atomic E-state index is 11.4. The molecular formula is C58H112N12O26. The van der Waals surface area contributed by atoms with Gasteiger partial charge in [0, 0.05) is 130 Å². The van der Waals surface area contributed by atoms with E-state index in [2.05, 4.69) is 21.3 Å². The van der Waals surface area contributed by atoms with Gasteiger partial charge in [0.2, 0.25) is 23.6 Å². The smallest absolute Gasteiger partial charge is 0.317 e. The van der Waals surface area contributed by atoms with Gasteiger partial charge in [-0.3, -0.25) is 77.1 Å². The molecule has 0 rings (SSSR count). The SMILES string of the molecule is CC(=O)CN(CCOCCN)CCOCCN.CC(=O)CN(CCOCCNC(=O)CCC(=O)O)CCOCCNC(=O)CCC(=O)O.NCCOCCN(CCOCCN)CC(=O)O.O=C(O)CCC(=O)NCCOCCN(CCOCCNC(=O)CCC(=O)O)CC(=O)O. The third-order valence-electron chi connectivity index (χ3n) is 11.6. The van der Waals surface area contributed by atoms with Crippen LogP contribution in [0.2, 0.25) is 0 Å². The molecule has 0 saturated carbocycles. The maximum atomic E-state index is 11.4. The van der Waals surface area contributed by atoms with Gasteiger partial charge in [-0.2, -0.15) is 0 Å². The first-order valence-electron chi connectivity index (χ1n) is 31.5. The number of nitrogens with two attached hydrogens (primary N) is 4. The first kappa shape index (κ1) is 95.8. The van der Waals surface area contributed by atoms with E-state index >= 15 is 0 Å². The summed E-state index contributed by atoms with van der Waals surface area (Å²) in [6.07, 6.45) is -1.27. The number of rotatable bonds is 64. The topological polar surface area (TPSA) is 565 Å². The van der Waals surface area contributed by atoms with E-state index in [-0.39, 0.29) is 172 Å². The van der Waals surface area contributed by atoms with E-state index in [0.717, 1.165) is 0 Å². The molecule has 0 aliphatic heterocycles. The fraction of sp³-hybridized carbons (Fsp3) is 0.793. The van der Waals surface area contributed by atoms with Crippen molar-refractivity contribution in [2.45, 2.75) is 65.2 Å². The highest BCUT2D eigenvalue weighted by Crippen LogP contribution is 1.97. The Bertz CT molecular complexity index is 1830. The van der Waals surface area contributed by atoms with Crippen LogP contribution in [0.5, 0.6) is 0 Å². The molecule has 0 aromatic rings. The Labute approximate surface area is 561 Å². The zero-order valence-electron chi connectivity index (χ0n) is 56.1. The Morgan fingerprint density at radius 1 is 0.260 bits per heavy atom. The van der Waals surface area contributed by atoms with Crippen LogP contribution in [0.3, 0.4) is 0 Å². The molecule has 0 bridgehead atoms. The van der Waals surface area contributed by atoms with Gasteiger partial charge in [-0.15, -0.1) is 0 Å². The lowest BCUT2D eigenvalue weighted by Crippen LogP contribution is -2.36. The predicted octanol–water partition coefficient (Wildman–Crippen LogP) is -5.61. The number of ketones is 2. The maximum Gasteiger partial charge on any atom is 0.317 e. The summed E-state index contributed by atoms with van der Waals surface area (Å²) in [5, 5.41) is 61.8. The second kappa shape index (κ2) is 71.2. The number of aliphatic carboxylic acids is 6. The Morgan fingerprint density at radius 3 is 0.594 bits per heavy atom. The van der Waals surface area contributed by atoms with Gasteiger partial charge in [0.1, 0.15) is 11.6 Å². The number of amides is 4. The van der Waals surface area contributed by atoms with E-state index in [4.69, 9.17) is 91.5 Å². The molecule has 0 saturated heterocycles. The lowest BCUT2D eigenvalue weighted by molar-refractivity contribution is -0.139. The Hall–Kier alpha value is -6.60. The molecule has 0 fully saturated rings. The molecule has 560 valence electrons. The van der Waals surface area contributed by atoms with Crippen molar-refractivity contribution in [3.63, 3.8) is 0 Å². The van der Waals surface area contributed by atoms with Crippen molar-refractivity contribution in [3.05, 3.63) is 0 Å². The van der Waals surface area contributed by atoms with E-state index in [9.17, 15) is 57.5 Å².